The van der Waals surface area contributed by atoms with E-state index in [1.54, 1.807) is 25.4 Å². The molecule has 0 saturated carbocycles. The predicted octanol–water partition coefficient (Wildman–Crippen LogP) is 4.41. The molecule has 6 nitrogen and oxygen atoms in total. The quantitative estimate of drug-likeness (QED) is 0.428. The van der Waals surface area contributed by atoms with Crippen LogP contribution in [0, 0.1) is 13.8 Å². The molecule has 4 rings (SSSR count). The van der Waals surface area contributed by atoms with Crippen molar-refractivity contribution in [1.29, 1.82) is 0 Å². The summed E-state index contributed by atoms with van der Waals surface area (Å²) in [5.41, 5.74) is 4.53. The number of amides is 1. The van der Waals surface area contributed by atoms with Crippen LogP contribution in [0.25, 0.3) is 0 Å². The van der Waals surface area contributed by atoms with Crippen LogP contribution < -0.4 is 10.1 Å². The van der Waals surface area contributed by atoms with Gasteiger partial charge in [0.2, 0.25) is 0 Å². The first kappa shape index (κ1) is 23.2. The number of pyridine rings is 1. The molecule has 0 radical (unpaired) electrons. The van der Waals surface area contributed by atoms with Gasteiger partial charge in [-0.2, -0.15) is 0 Å². The van der Waals surface area contributed by atoms with Crippen LogP contribution in [0.15, 0.2) is 35.1 Å². The molecule has 2 aliphatic rings. The number of aromatic nitrogens is 1. The highest BCUT2D eigenvalue weighted by molar-refractivity contribution is 9.10. The van der Waals surface area contributed by atoms with E-state index in [0.717, 1.165) is 25.1 Å². The third-order valence-corrected chi connectivity index (χ3v) is 7.39. The Balaban J connectivity index is 1.38. The van der Waals surface area contributed by atoms with Crippen molar-refractivity contribution < 1.29 is 14.3 Å². The summed E-state index contributed by atoms with van der Waals surface area (Å²) in [5, 5.41) is 3.26. The van der Waals surface area contributed by atoms with Crippen LogP contribution in [0.5, 0.6) is 5.75 Å². The van der Waals surface area contributed by atoms with Gasteiger partial charge in [-0.05, 0) is 90.4 Å². The van der Waals surface area contributed by atoms with Gasteiger partial charge in [-0.25, -0.2) is 4.98 Å². The van der Waals surface area contributed by atoms with E-state index in [-0.39, 0.29) is 11.9 Å². The third-order valence-electron chi connectivity index (χ3n) is 6.96. The number of rotatable bonds is 8. The molecule has 1 aromatic carbocycles. The van der Waals surface area contributed by atoms with E-state index in [2.05, 4.69) is 57.1 Å². The van der Waals surface area contributed by atoms with Crippen LogP contribution in [0.4, 0.5) is 0 Å². The fourth-order valence-electron chi connectivity index (χ4n) is 5.07. The Bertz CT molecular complexity index is 953. The molecule has 2 aromatic rings. The number of nitrogens with one attached hydrogen (secondary N) is 1. The van der Waals surface area contributed by atoms with Crippen molar-refractivity contribution in [3.63, 3.8) is 0 Å². The predicted molar refractivity (Wildman–Crippen MR) is 128 cm³/mol. The van der Waals surface area contributed by atoms with E-state index in [4.69, 9.17) is 9.47 Å². The van der Waals surface area contributed by atoms with Gasteiger partial charge in [0.1, 0.15) is 17.0 Å². The van der Waals surface area contributed by atoms with Crippen molar-refractivity contribution in [3.8, 4) is 5.75 Å². The van der Waals surface area contributed by atoms with Gasteiger partial charge < -0.3 is 14.8 Å². The zero-order chi connectivity index (χ0) is 22.7. The number of hydrogen-bond donors (Lipinski definition) is 1. The van der Waals surface area contributed by atoms with Gasteiger partial charge in [0.05, 0.1) is 6.61 Å². The highest BCUT2D eigenvalue weighted by Gasteiger charge is 2.41. The molecule has 2 saturated heterocycles. The summed E-state index contributed by atoms with van der Waals surface area (Å²) in [6.07, 6.45) is 6.07. The SMILES string of the molecule is COCCOc1ccc(CN2C3CCC2CC(NC(=O)c2ccnc(Br)c2)C3)c(C)c1C. The summed E-state index contributed by atoms with van der Waals surface area (Å²) in [6.45, 7) is 6.44. The number of ether oxygens (including phenoxy) is 2. The molecule has 1 aromatic heterocycles. The van der Waals surface area contributed by atoms with Crippen molar-refractivity contribution >= 4 is 21.8 Å². The number of hydrogen-bond acceptors (Lipinski definition) is 5. The molecular weight excluding hydrogens is 470 g/mol. The highest BCUT2D eigenvalue weighted by Crippen LogP contribution is 2.38. The van der Waals surface area contributed by atoms with Crippen molar-refractivity contribution in [1.82, 2.24) is 15.2 Å². The van der Waals surface area contributed by atoms with Crippen LogP contribution in [-0.2, 0) is 11.3 Å². The largest absolute Gasteiger partial charge is 0.491 e. The fourth-order valence-corrected chi connectivity index (χ4v) is 5.44. The molecule has 0 spiro atoms. The Kier molecular flexibility index (Phi) is 7.48. The van der Waals surface area contributed by atoms with Crippen molar-refractivity contribution in [2.24, 2.45) is 0 Å². The Morgan fingerprint density at radius 2 is 1.91 bits per heavy atom. The van der Waals surface area contributed by atoms with E-state index in [0.29, 0.717) is 35.5 Å². The van der Waals surface area contributed by atoms with Gasteiger partial charge in [-0.15, -0.1) is 0 Å². The molecule has 0 aliphatic carbocycles. The van der Waals surface area contributed by atoms with Gasteiger partial charge in [-0.1, -0.05) is 6.07 Å². The first-order valence-electron chi connectivity index (χ1n) is 11.3. The first-order valence-corrected chi connectivity index (χ1v) is 12.1. The summed E-state index contributed by atoms with van der Waals surface area (Å²) in [7, 11) is 1.69. The van der Waals surface area contributed by atoms with Gasteiger partial charge >= 0.3 is 0 Å². The number of fused-ring (bicyclic) bond motifs is 2. The van der Waals surface area contributed by atoms with E-state index < -0.39 is 0 Å². The topological polar surface area (TPSA) is 63.7 Å². The minimum absolute atomic E-state index is 0.0125. The molecule has 1 amide bonds. The van der Waals surface area contributed by atoms with Gasteiger partial charge in [0, 0.05) is 43.5 Å². The van der Waals surface area contributed by atoms with Crippen LogP contribution in [0.3, 0.4) is 0 Å². The maximum absolute atomic E-state index is 12.7. The van der Waals surface area contributed by atoms with E-state index in [1.807, 2.05) is 0 Å². The van der Waals surface area contributed by atoms with Crippen LogP contribution in [0.1, 0.15) is 52.7 Å². The summed E-state index contributed by atoms with van der Waals surface area (Å²) in [5.74, 6) is 0.928. The molecule has 2 fully saturated rings. The van der Waals surface area contributed by atoms with Gasteiger partial charge in [0.25, 0.3) is 5.91 Å². The lowest BCUT2D eigenvalue weighted by atomic mass is 9.95. The monoisotopic (exact) mass is 501 g/mol. The third kappa shape index (κ3) is 5.16. The lowest BCUT2D eigenvalue weighted by Crippen LogP contribution is -2.50. The maximum atomic E-state index is 12.7. The lowest BCUT2D eigenvalue weighted by molar-refractivity contribution is 0.0827. The zero-order valence-electron chi connectivity index (χ0n) is 19.1. The van der Waals surface area contributed by atoms with Crippen molar-refractivity contribution in [2.75, 3.05) is 20.3 Å². The second-order valence-electron chi connectivity index (χ2n) is 8.88. The van der Waals surface area contributed by atoms with Crippen molar-refractivity contribution in [2.45, 2.75) is 64.2 Å². The number of benzene rings is 1. The lowest BCUT2D eigenvalue weighted by Gasteiger charge is -2.39. The van der Waals surface area contributed by atoms with Crippen LogP contribution in [0.2, 0.25) is 0 Å². The highest BCUT2D eigenvalue weighted by atomic mass is 79.9. The molecule has 2 bridgehead atoms. The summed E-state index contributed by atoms with van der Waals surface area (Å²) < 4.78 is 11.6. The summed E-state index contributed by atoms with van der Waals surface area (Å²) in [4.78, 5) is 19.4. The second-order valence-corrected chi connectivity index (χ2v) is 9.69. The maximum Gasteiger partial charge on any atom is 0.251 e. The number of carbonyl (C=O) groups excluding carboxylic acids is 1. The molecule has 2 aliphatic heterocycles. The Labute approximate surface area is 198 Å². The Morgan fingerprint density at radius 3 is 2.59 bits per heavy atom. The second kappa shape index (κ2) is 10.3. The molecule has 2 atom stereocenters. The average Bonchev–Trinajstić information content (AvgIpc) is 3.00. The number of halogens is 1. The minimum atomic E-state index is -0.0125. The molecule has 32 heavy (non-hydrogen) atoms. The normalized spacial score (nSPS) is 22.7. The Morgan fingerprint density at radius 1 is 1.16 bits per heavy atom. The van der Waals surface area contributed by atoms with Crippen LogP contribution in [-0.4, -0.2) is 54.2 Å². The van der Waals surface area contributed by atoms with E-state index >= 15 is 0 Å². The molecule has 2 unspecified atom stereocenters. The standard InChI is InChI=1S/C25H32BrN3O3/c1-16-17(2)23(32-11-10-31-3)7-4-19(16)15-29-21-5-6-22(29)14-20(13-21)28-25(30)18-8-9-27-24(26)12-18/h4,7-9,12,20-22H,5-6,10-11,13-15H2,1-3H3,(H,28,30). The number of nitrogens with zero attached hydrogens (tertiary/aromatic N) is 2. The van der Waals surface area contributed by atoms with Gasteiger partial charge in [-0.3, -0.25) is 9.69 Å². The molecule has 7 heteroatoms. The van der Waals surface area contributed by atoms with Crippen molar-refractivity contribution in [3.05, 3.63) is 57.3 Å². The number of methoxy groups -OCH3 is 1. The van der Waals surface area contributed by atoms with E-state index in [9.17, 15) is 4.79 Å². The average molecular weight is 502 g/mol. The number of piperidine rings is 1. The minimum Gasteiger partial charge on any atom is -0.491 e. The molecule has 3 heterocycles. The van der Waals surface area contributed by atoms with Crippen LogP contribution >= 0.6 is 15.9 Å². The summed E-state index contributed by atoms with van der Waals surface area (Å²) in [6, 6.07) is 9.09. The molecule has 172 valence electrons. The zero-order valence-corrected chi connectivity index (χ0v) is 20.7. The Hall–Kier alpha value is -1.96. The molecular formula is C25H32BrN3O3. The van der Waals surface area contributed by atoms with Gasteiger partial charge in [0.15, 0.2) is 0 Å². The number of carbonyl (C=O) groups is 1. The first-order chi connectivity index (χ1) is 15.5. The fraction of sp³-hybridized carbons (Fsp3) is 0.520. The smallest absolute Gasteiger partial charge is 0.251 e. The molecule has 1 N–H and O–H groups in total. The van der Waals surface area contributed by atoms with E-state index in [1.165, 1.54) is 29.5 Å². The summed E-state index contributed by atoms with van der Waals surface area (Å²) >= 11 is 3.34.